The first-order chi connectivity index (χ1) is 66.5. The number of rotatable bonds is 25. The maximum absolute atomic E-state index is 12.0. The van der Waals surface area contributed by atoms with E-state index in [0.717, 1.165) is 150 Å². The Balaban J connectivity index is 0.000000147. The molecule has 3 saturated heterocycles. The van der Waals surface area contributed by atoms with Gasteiger partial charge in [0.1, 0.15) is 17.2 Å². The molecule has 0 bridgehead atoms. The van der Waals surface area contributed by atoms with Crippen molar-refractivity contribution in [2.75, 3.05) is 164 Å². The van der Waals surface area contributed by atoms with Gasteiger partial charge in [-0.25, -0.2) is 42.0 Å². The quantitative estimate of drug-likeness (QED) is 0.0289. The molecule has 5 aromatic carbocycles. The number of aromatic nitrogens is 10. The van der Waals surface area contributed by atoms with Crippen LogP contribution in [-0.2, 0) is 25.3 Å². The topological polar surface area (TPSA) is 337 Å². The number of anilines is 3. The highest BCUT2D eigenvalue weighted by atomic mass is 35.5. The van der Waals surface area contributed by atoms with Gasteiger partial charge in [0.15, 0.2) is 23.0 Å². The number of amides is 1. The van der Waals surface area contributed by atoms with E-state index >= 15 is 0 Å². The monoisotopic (exact) mass is 1890 g/mol. The number of hydrogen-bond donors (Lipinski definition) is 6. The number of nitrogens with one attached hydrogen (secondary N) is 3. The summed E-state index contributed by atoms with van der Waals surface area (Å²) < 4.78 is 62.7. The first-order valence-corrected chi connectivity index (χ1v) is 44.7. The third-order valence-corrected chi connectivity index (χ3v) is 23.9. The van der Waals surface area contributed by atoms with Gasteiger partial charge in [-0.15, -0.1) is 0 Å². The number of benzene rings is 5. The van der Waals surface area contributed by atoms with Crippen molar-refractivity contribution in [1.29, 1.82) is 0 Å². The number of carbonyl (C=O) groups excluding carboxylic acids is 1. The van der Waals surface area contributed by atoms with Gasteiger partial charge < -0.3 is 80.5 Å². The fourth-order valence-corrected chi connectivity index (χ4v) is 16.4. The zero-order valence-corrected chi connectivity index (χ0v) is 79.9. The van der Waals surface area contributed by atoms with Gasteiger partial charge in [0.25, 0.3) is 5.91 Å². The van der Waals surface area contributed by atoms with E-state index in [2.05, 4.69) is 108 Å². The van der Waals surface area contributed by atoms with Crippen LogP contribution in [0.15, 0.2) is 232 Å². The molecule has 712 valence electrons. The lowest BCUT2D eigenvalue weighted by Crippen LogP contribution is -2.41. The summed E-state index contributed by atoms with van der Waals surface area (Å²) in [5.41, 5.74) is 30.6. The van der Waals surface area contributed by atoms with Gasteiger partial charge in [-0.1, -0.05) is 89.9 Å². The van der Waals surface area contributed by atoms with Gasteiger partial charge in [-0.2, -0.15) is 25.5 Å². The van der Waals surface area contributed by atoms with Crippen molar-refractivity contribution >= 4 is 96.5 Å². The molecule has 3 aliphatic heterocycles. The molecule has 137 heavy (non-hydrogen) atoms. The van der Waals surface area contributed by atoms with E-state index in [1.807, 2.05) is 184 Å². The largest absolute Gasteiger partial charge is 0.496 e. The molecule has 10 aromatic heterocycles. The van der Waals surface area contributed by atoms with Crippen molar-refractivity contribution in [3.8, 4) is 40.2 Å². The van der Waals surface area contributed by atoms with Gasteiger partial charge in [0, 0.05) is 112 Å². The van der Waals surface area contributed by atoms with E-state index in [1.165, 1.54) is 24.2 Å². The van der Waals surface area contributed by atoms with Crippen LogP contribution in [0.2, 0.25) is 10.0 Å². The maximum atomic E-state index is 12.0. The summed E-state index contributed by atoms with van der Waals surface area (Å²) in [5.74, 6) is 4.89. The Morgan fingerprint density at radius 3 is 1.09 bits per heavy atom. The summed E-state index contributed by atoms with van der Waals surface area (Å²) in [7, 11) is 11.5. The molecule has 34 nitrogen and oxygen atoms in total. The second-order valence-corrected chi connectivity index (χ2v) is 33.0. The van der Waals surface area contributed by atoms with Crippen LogP contribution in [0.3, 0.4) is 0 Å². The molecule has 3 unspecified atom stereocenters. The van der Waals surface area contributed by atoms with Crippen LogP contribution in [0.1, 0.15) is 84.0 Å². The molecule has 36 heteroatoms. The predicted octanol–water partition coefficient (Wildman–Crippen LogP) is 17.6. The summed E-state index contributed by atoms with van der Waals surface area (Å²) in [4.78, 5) is 32.9. The van der Waals surface area contributed by atoms with Crippen LogP contribution in [-0.4, -0.2) is 217 Å². The third-order valence-electron chi connectivity index (χ3n) is 23.2. The number of para-hydroxylation sites is 3. The second kappa shape index (κ2) is 48.9. The Labute approximate surface area is 806 Å². The summed E-state index contributed by atoms with van der Waals surface area (Å²) in [6.07, 6.45) is 16.8. The van der Waals surface area contributed by atoms with Crippen LogP contribution in [0.25, 0.3) is 47.0 Å². The number of fused-ring (bicyclic) bond motifs is 5. The molecule has 9 N–H and O–H groups in total. The van der Waals surface area contributed by atoms with Gasteiger partial charge in [0.2, 0.25) is 22.7 Å². The molecular weight excluding hydrogens is 1780 g/mol. The molecule has 3 atom stereocenters. The highest BCUT2D eigenvalue weighted by molar-refractivity contribution is 6.37. The van der Waals surface area contributed by atoms with Gasteiger partial charge in [0.05, 0.1) is 231 Å². The number of primary amides is 1. The molecule has 0 radical (unpaired) electrons. The van der Waals surface area contributed by atoms with E-state index < -0.39 is 11.4 Å². The second-order valence-electron chi connectivity index (χ2n) is 32.3. The van der Waals surface area contributed by atoms with Gasteiger partial charge >= 0.3 is 0 Å². The molecule has 1 amide bonds. The number of nitrogens with zero attached hydrogens (tertiary/aromatic N) is 17. The van der Waals surface area contributed by atoms with Crippen molar-refractivity contribution in [2.45, 2.75) is 56.9 Å². The van der Waals surface area contributed by atoms with Crippen molar-refractivity contribution in [3.05, 3.63) is 321 Å². The minimum Gasteiger partial charge on any atom is -0.496 e. The molecule has 0 spiro atoms. The smallest absolute Gasteiger partial charge is 0.252 e. The summed E-state index contributed by atoms with van der Waals surface area (Å²) in [6, 6.07) is 55.0. The van der Waals surface area contributed by atoms with Gasteiger partial charge in [-0.05, 0) is 142 Å². The number of methoxy groups -OCH3 is 7. The summed E-state index contributed by atoms with van der Waals surface area (Å²) in [5, 5.41) is 32.2. The minimum atomic E-state index is -0.510. The Morgan fingerprint density at radius 1 is 0.401 bits per heavy atom. The zero-order valence-electron chi connectivity index (χ0n) is 78.4. The van der Waals surface area contributed by atoms with E-state index in [9.17, 15) is 4.79 Å². The van der Waals surface area contributed by atoms with E-state index in [1.54, 1.807) is 97.1 Å². The van der Waals surface area contributed by atoms with Crippen molar-refractivity contribution < 1.29 is 52.2 Å². The first-order valence-electron chi connectivity index (χ1n) is 44.0. The molecule has 13 heterocycles. The van der Waals surface area contributed by atoms with Crippen molar-refractivity contribution in [3.63, 3.8) is 0 Å². The standard InChI is InChI=1S/C21H25N5O3.C21H23N5O2.C19H20N4O2.C13H20N2O2.C11H17NO2.2C8H4ClN3/c1-28-19-7-3-2-5-15(19)18(25-9-11-29-12-10-25)14-23-20-16(21(22)27)13-24-26-8-4-6-17(20)26;1-22-17-14-24-26-9-5-7-18(26)21(17)23-15-19(25-10-12-28-13-11-25)16-6-3-4-8-20(16)27-2;1-19(2,13-8-9-16(24-4)17(11-13)25-5)22-18-14(20-3)12-21-23-10-6-7-15(18)23;1-16-13-5-3-2-4-11(13)12(10-14)15-6-8-17-9-7-15;1-11(2,12)8-5-6-9(13-3)10(7-8)14-4;2*1-10-6-5-11-12-4-2-3-7(12)8(6)9/h2-8,13,18,23H,9-12,14H2,1H3,(H2,22,27);3-9,14,19,23H,10-13,15H2,2H3;6-12,22H,1-2,4-5H3;2-5,12H,6-10,14H2,1H3;5-7H,12H2,1-4H3;2*2-5H. The Hall–Kier alpha value is -14.8. The minimum absolute atomic E-state index is 0.0407. The normalized spacial score (nSPS) is 13.9. The van der Waals surface area contributed by atoms with E-state index in [0.29, 0.717) is 94.1 Å². The lowest BCUT2D eigenvalue weighted by atomic mass is 9.93. The molecular formula is C101H113Cl2N23O11. The van der Waals surface area contributed by atoms with E-state index in [-0.39, 0.29) is 23.7 Å². The SMILES string of the molecule is COc1ccc(C(C)(C)N)cc1OC.COc1ccccc1C(CN)N1CCOCC1.COc1ccccc1C(CNc1c(C(N)=O)cnn2cccc12)N1CCOCC1.[C-]#[N+]c1cnn2cccc2c1Cl.[C-]#[N+]c1cnn2cccc2c1Cl.[C-]#[N+]c1cnn2cccc2c1NC(C)(C)c1ccc(OC)c(OC)c1.[C-]#[N+]c1cnn2cccc2c1NCC(c1ccccc1OC)N1CCOCC1. The fraction of sp³-hybridized carbons (Fsp3) is 0.307. The molecule has 3 fully saturated rings. The third kappa shape index (κ3) is 25.1. The molecule has 0 saturated carbocycles. The highest BCUT2D eigenvalue weighted by Crippen LogP contribution is 2.41. The number of morpholine rings is 3. The Morgan fingerprint density at radius 2 is 0.715 bits per heavy atom. The van der Waals surface area contributed by atoms with Crippen molar-refractivity contribution in [2.24, 2.45) is 17.2 Å². The van der Waals surface area contributed by atoms with Crippen LogP contribution >= 0.6 is 23.2 Å². The summed E-state index contributed by atoms with van der Waals surface area (Å²) >= 11 is 11.8. The van der Waals surface area contributed by atoms with E-state index in [4.69, 9.17) is 114 Å². The van der Waals surface area contributed by atoms with Gasteiger partial charge in [-0.3, -0.25) is 19.5 Å². The highest BCUT2D eigenvalue weighted by Gasteiger charge is 2.31. The maximum Gasteiger partial charge on any atom is 0.252 e. The molecule has 3 aliphatic rings. The van der Waals surface area contributed by atoms with Crippen LogP contribution in [0, 0.1) is 26.3 Å². The van der Waals surface area contributed by atoms with Crippen LogP contribution in [0.4, 0.5) is 39.8 Å². The molecule has 18 rings (SSSR count). The lowest BCUT2D eigenvalue weighted by molar-refractivity contribution is 0.0174. The Bertz CT molecular complexity index is 6620. The number of ether oxygens (including phenoxy) is 10. The number of carbonyl (C=O) groups is 1. The lowest BCUT2D eigenvalue weighted by Gasteiger charge is -2.35. The average molecular weight is 1900 g/mol. The number of halogens is 2. The zero-order chi connectivity index (χ0) is 97.5. The summed E-state index contributed by atoms with van der Waals surface area (Å²) in [6.45, 7) is 48.0. The predicted molar refractivity (Wildman–Crippen MR) is 533 cm³/mol. The average Bonchev–Trinajstić information content (AvgIpc) is 1.27. The Kier molecular flexibility index (Phi) is 36.2. The van der Waals surface area contributed by atoms with Crippen molar-refractivity contribution in [1.82, 2.24) is 62.8 Å². The van der Waals surface area contributed by atoms with Crippen LogP contribution in [0.5, 0.6) is 40.2 Å². The molecule has 15 aromatic rings. The molecule has 0 aliphatic carbocycles. The van der Waals surface area contributed by atoms with Crippen LogP contribution < -0.4 is 66.3 Å². The number of nitrogens with two attached hydrogens (primary N) is 3. The fourth-order valence-electron chi connectivity index (χ4n) is 16.0. The first kappa shape index (κ1) is 101. The number of hydrogen-bond acceptors (Lipinski definition) is 24.